The van der Waals surface area contributed by atoms with E-state index in [4.69, 9.17) is 4.74 Å². The van der Waals surface area contributed by atoms with Crippen molar-refractivity contribution in [2.24, 2.45) is 0 Å². The largest absolute Gasteiger partial charge is 0.380 e. The van der Waals surface area contributed by atoms with Gasteiger partial charge in [-0.15, -0.1) is 0 Å². The molecule has 0 aliphatic rings. The molecule has 0 amide bonds. The molecule has 0 heterocycles. The lowest BCUT2D eigenvalue weighted by Crippen LogP contribution is -2.32. The third-order valence-electron chi connectivity index (χ3n) is 3.12. The van der Waals surface area contributed by atoms with Crippen molar-refractivity contribution >= 4 is 0 Å². The summed E-state index contributed by atoms with van der Waals surface area (Å²) in [4.78, 5) is 0. The molecule has 2 nitrogen and oxygen atoms in total. The van der Waals surface area contributed by atoms with Crippen LogP contribution in [-0.4, -0.2) is 19.3 Å². The Balaban J connectivity index is 2.47. The van der Waals surface area contributed by atoms with Gasteiger partial charge in [-0.1, -0.05) is 37.6 Å². The second-order valence-electron chi connectivity index (χ2n) is 4.94. The number of ether oxygens (including phenoxy) is 1. The zero-order valence-corrected chi connectivity index (χ0v) is 12.2. The molecule has 2 atom stereocenters. The van der Waals surface area contributed by atoms with Crippen LogP contribution in [0.5, 0.6) is 0 Å². The van der Waals surface area contributed by atoms with Crippen LogP contribution in [0.1, 0.15) is 51.3 Å². The minimum Gasteiger partial charge on any atom is -0.380 e. The Morgan fingerprint density at radius 3 is 2.33 bits per heavy atom. The molecule has 0 radical (unpaired) electrons. The van der Waals surface area contributed by atoms with E-state index in [1.807, 2.05) is 6.92 Å². The average molecular weight is 249 g/mol. The average Bonchev–Trinajstić information content (AvgIpc) is 2.37. The minimum absolute atomic E-state index is 0.371. The normalized spacial score (nSPS) is 14.4. The van der Waals surface area contributed by atoms with Crippen molar-refractivity contribution in [2.45, 2.75) is 52.6 Å². The molecule has 0 bridgehead atoms. The van der Waals surface area contributed by atoms with Gasteiger partial charge in [0, 0.05) is 18.7 Å². The summed E-state index contributed by atoms with van der Waals surface area (Å²) in [6.07, 6.45) is 2.38. The molecule has 18 heavy (non-hydrogen) atoms. The molecule has 0 saturated heterocycles. The topological polar surface area (TPSA) is 21.3 Å². The molecule has 0 aliphatic heterocycles. The monoisotopic (exact) mass is 249 g/mol. The number of rotatable bonds is 8. The van der Waals surface area contributed by atoms with E-state index >= 15 is 0 Å². The Hall–Kier alpha value is -0.860. The smallest absolute Gasteiger partial charge is 0.0616 e. The van der Waals surface area contributed by atoms with E-state index in [-0.39, 0.29) is 0 Å². The Bertz CT molecular complexity index is 320. The highest BCUT2D eigenvalue weighted by atomic mass is 16.5. The summed E-state index contributed by atoms with van der Waals surface area (Å²) in [5.41, 5.74) is 2.77. The maximum absolute atomic E-state index is 5.42. The van der Waals surface area contributed by atoms with Gasteiger partial charge in [-0.2, -0.15) is 0 Å². The Morgan fingerprint density at radius 1 is 1.11 bits per heavy atom. The minimum atomic E-state index is 0.371. The second kappa shape index (κ2) is 8.28. The molecule has 0 aromatic heterocycles. The number of aryl methyl sites for hydroxylation is 1. The van der Waals surface area contributed by atoms with Gasteiger partial charge in [0.15, 0.2) is 0 Å². The lowest BCUT2D eigenvalue weighted by molar-refractivity contribution is 0.124. The van der Waals surface area contributed by atoms with Crippen molar-refractivity contribution in [1.82, 2.24) is 5.32 Å². The zero-order valence-electron chi connectivity index (χ0n) is 12.2. The predicted molar refractivity (Wildman–Crippen MR) is 77.9 cm³/mol. The summed E-state index contributed by atoms with van der Waals surface area (Å²) in [7, 11) is 0. The van der Waals surface area contributed by atoms with Crippen LogP contribution in [0.15, 0.2) is 24.3 Å². The predicted octanol–water partition coefficient (Wildman–Crippen LogP) is 3.71. The van der Waals surface area contributed by atoms with Crippen LogP contribution in [0.4, 0.5) is 0 Å². The molecule has 0 spiro atoms. The van der Waals surface area contributed by atoms with Gasteiger partial charge in [-0.3, -0.25) is 0 Å². The van der Waals surface area contributed by atoms with Crippen LogP contribution in [0.2, 0.25) is 0 Å². The molecule has 2 unspecified atom stereocenters. The molecule has 1 aromatic carbocycles. The fourth-order valence-corrected chi connectivity index (χ4v) is 2.13. The van der Waals surface area contributed by atoms with Crippen LogP contribution in [0, 0.1) is 0 Å². The van der Waals surface area contributed by atoms with Gasteiger partial charge in [0.1, 0.15) is 0 Å². The standard InChI is InChI=1S/C16H27NO/c1-5-7-15-8-10-16(11-9-15)14(4)17-13(3)12-18-6-2/h8-11,13-14,17H,5-7,12H2,1-4H3. The molecular weight excluding hydrogens is 222 g/mol. The van der Waals surface area contributed by atoms with Crippen molar-refractivity contribution in [3.05, 3.63) is 35.4 Å². The van der Waals surface area contributed by atoms with E-state index in [0.717, 1.165) is 13.2 Å². The van der Waals surface area contributed by atoms with Crippen LogP contribution in [-0.2, 0) is 11.2 Å². The molecule has 0 saturated carbocycles. The second-order valence-corrected chi connectivity index (χ2v) is 4.94. The summed E-state index contributed by atoms with van der Waals surface area (Å²) < 4.78 is 5.42. The molecule has 0 aliphatic carbocycles. The van der Waals surface area contributed by atoms with Gasteiger partial charge < -0.3 is 10.1 Å². The highest BCUT2D eigenvalue weighted by Crippen LogP contribution is 2.15. The highest BCUT2D eigenvalue weighted by molar-refractivity contribution is 5.24. The van der Waals surface area contributed by atoms with E-state index in [1.54, 1.807) is 0 Å². The zero-order chi connectivity index (χ0) is 13.4. The number of nitrogens with one attached hydrogen (secondary N) is 1. The highest BCUT2D eigenvalue weighted by Gasteiger charge is 2.09. The fraction of sp³-hybridized carbons (Fsp3) is 0.625. The van der Waals surface area contributed by atoms with Gasteiger partial charge in [0.05, 0.1) is 6.61 Å². The Morgan fingerprint density at radius 2 is 1.78 bits per heavy atom. The van der Waals surface area contributed by atoms with E-state index in [9.17, 15) is 0 Å². The fourth-order valence-electron chi connectivity index (χ4n) is 2.13. The van der Waals surface area contributed by atoms with Crippen LogP contribution in [0.3, 0.4) is 0 Å². The third-order valence-corrected chi connectivity index (χ3v) is 3.12. The first-order valence-electron chi connectivity index (χ1n) is 7.10. The maximum Gasteiger partial charge on any atom is 0.0616 e. The number of hydrogen-bond acceptors (Lipinski definition) is 2. The lowest BCUT2D eigenvalue weighted by atomic mass is 10.0. The first-order valence-corrected chi connectivity index (χ1v) is 7.10. The van der Waals surface area contributed by atoms with E-state index in [2.05, 4.69) is 50.4 Å². The molecule has 1 rings (SSSR count). The summed E-state index contributed by atoms with van der Waals surface area (Å²) in [6.45, 7) is 10.2. The van der Waals surface area contributed by atoms with Crippen LogP contribution >= 0.6 is 0 Å². The van der Waals surface area contributed by atoms with Crippen LogP contribution < -0.4 is 5.32 Å². The van der Waals surface area contributed by atoms with Gasteiger partial charge in [0.25, 0.3) is 0 Å². The van der Waals surface area contributed by atoms with Gasteiger partial charge in [-0.25, -0.2) is 0 Å². The van der Waals surface area contributed by atoms with Crippen molar-refractivity contribution in [2.75, 3.05) is 13.2 Å². The lowest BCUT2D eigenvalue weighted by Gasteiger charge is -2.20. The Kier molecular flexibility index (Phi) is 6.99. The summed E-state index contributed by atoms with van der Waals surface area (Å²) in [5.74, 6) is 0. The first kappa shape index (κ1) is 15.2. The van der Waals surface area contributed by atoms with Crippen molar-refractivity contribution in [1.29, 1.82) is 0 Å². The molecule has 1 aromatic rings. The molecule has 102 valence electrons. The summed E-state index contributed by atoms with van der Waals surface area (Å²) in [6, 6.07) is 9.70. The summed E-state index contributed by atoms with van der Waals surface area (Å²) >= 11 is 0. The third kappa shape index (κ3) is 5.19. The molecule has 2 heteroatoms. The summed E-state index contributed by atoms with van der Waals surface area (Å²) in [5, 5.41) is 3.56. The maximum atomic E-state index is 5.42. The van der Waals surface area contributed by atoms with Crippen molar-refractivity contribution < 1.29 is 4.74 Å². The van der Waals surface area contributed by atoms with E-state index < -0.39 is 0 Å². The Labute approximate surface area is 112 Å². The van der Waals surface area contributed by atoms with Crippen molar-refractivity contribution in [3.8, 4) is 0 Å². The van der Waals surface area contributed by atoms with Gasteiger partial charge in [0.2, 0.25) is 0 Å². The van der Waals surface area contributed by atoms with E-state index in [1.165, 1.54) is 24.0 Å². The van der Waals surface area contributed by atoms with Gasteiger partial charge in [-0.05, 0) is 38.3 Å². The first-order chi connectivity index (χ1) is 8.67. The van der Waals surface area contributed by atoms with Crippen LogP contribution in [0.25, 0.3) is 0 Å². The van der Waals surface area contributed by atoms with Crippen molar-refractivity contribution in [3.63, 3.8) is 0 Å². The molecule has 1 N–H and O–H groups in total. The van der Waals surface area contributed by atoms with E-state index in [0.29, 0.717) is 12.1 Å². The quantitative estimate of drug-likeness (QED) is 0.758. The molecule has 0 fully saturated rings. The van der Waals surface area contributed by atoms with Gasteiger partial charge >= 0.3 is 0 Å². The number of hydrogen-bond donors (Lipinski definition) is 1. The SMILES string of the molecule is CCCc1ccc(C(C)NC(C)COCC)cc1. The number of benzene rings is 1. The molecular formula is C16H27NO.